The molecule has 110 valence electrons. The molecule has 0 radical (unpaired) electrons. The van der Waals surface area contributed by atoms with Crippen LogP contribution in [0.25, 0.3) is 0 Å². The topological polar surface area (TPSA) is 42.0 Å². The van der Waals surface area contributed by atoms with Crippen molar-refractivity contribution in [2.75, 3.05) is 0 Å². The van der Waals surface area contributed by atoms with Crippen LogP contribution >= 0.6 is 0 Å². The molecule has 5 heteroatoms. The molecule has 1 N–H and O–H groups in total. The summed E-state index contributed by atoms with van der Waals surface area (Å²) in [4.78, 5) is 16.2. The lowest BCUT2D eigenvalue weighted by Gasteiger charge is -2.15. The largest absolute Gasteiger partial charge is 0.345 e. The fourth-order valence-electron chi connectivity index (χ4n) is 1.91. The lowest BCUT2D eigenvalue weighted by molar-refractivity contribution is 0.0934. The third kappa shape index (κ3) is 3.24. The molecule has 1 aromatic carbocycles. The van der Waals surface area contributed by atoms with E-state index in [1.807, 2.05) is 19.1 Å². The van der Waals surface area contributed by atoms with Crippen LogP contribution in [0.15, 0.2) is 30.5 Å². The fraction of sp³-hybridized carbons (Fsp3) is 0.250. The van der Waals surface area contributed by atoms with Gasteiger partial charge in [-0.3, -0.25) is 9.78 Å². The zero-order chi connectivity index (χ0) is 15.6. The van der Waals surface area contributed by atoms with Crippen LogP contribution in [0.1, 0.15) is 40.1 Å². The number of benzene rings is 1. The lowest BCUT2D eigenvalue weighted by Crippen LogP contribution is -2.28. The Hall–Kier alpha value is -2.30. The summed E-state index contributed by atoms with van der Waals surface area (Å²) in [6, 6.07) is 5.97. The van der Waals surface area contributed by atoms with Gasteiger partial charge < -0.3 is 5.32 Å². The number of pyridine rings is 1. The Morgan fingerprint density at radius 2 is 1.86 bits per heavy atom. The van der Waals surface area contributed by atoms with Gasteiger partial charge in [-0.2, -0.15) is 0 Å². The van der Waals surface area contributed by atoms with Crippen molar-refractivity contribution < 1.29 is 13.6 Å². The van der Waals surface area contributed by atoms with Gasteiger partial charge in [0.15, 0.2) is 11.6 Å². The van der Waals surface area contributed by atoms with Crippen molar-refractivity contribution >= 4 is 5.91 Å². The number of nitrogens with one attached hydrogen (secondary N) is 1. The number of halogens is 2. The Balaban J connectivity index is 2.18. The third-order valence-electron chi connectivity index (χ3n) is 3.30. The van der Waals surface area contributed by atoms with E-state index in [0.29, 0.717) is 0 Å². The second-order valence-electron chi connectivity index (χ2n) is 4.99. The number of aryl methyl sites for hydroxylation is 2. The van der Waals surface area contributed by atoms with E-state index in [2.05, 4.69) is 10.3 Å². The Morgan fingerprint density at radius 1 is 1.14 bits per heavy atom. The summed E-state index contributed by atoms with van der Waals surface area (Å²) in [5.74, 6) is -2.77. The van der Waals surface area contributed by atoms with E-state index in [4.69, 9.17) is 0 Å². The van der Waals surface area contributed by atoms with Crippen LogP contribution in [-0.4, -0.2) is 10.9 Å². The Bertz CT molecular complexity index is 669. The van der Waals surface area contributed by atoms with E-state index in [0.717, 1.165) is 11.3 Å². The van der Waals surface area contributed by atoms with Crippen molar-refractivity contribution in [1.82, 2.24) is 10.3 Å². The van der Waals surface area contributed by atoms with Gasteiger partial charge in [0.1, 0.15) is 0 Å². The second kappa shape index (κ2) is 5.99. The zero-order valence-corrected chi connectivity index (χ0v) is 12.1. The van der Waals surface area contributed by atoms with Gasteiger partial charge in [0.25, 0.3) is 5.91 Å². The average molecular weight is 290 g/mol. The first-order chi connectivity index (χ1) is 9.90. The van der Waals surface area contributed by atoms with Crippen LogP contribution in [-0.2, 0) is 0 Å². The first-order valence-electron chi connectivity index (χ1n) is 6.58. The minimum absolute atomic E-state index is 0.167. The number of amides is 1. The van der Waals surface area contributed by atoms with E-state index >= 15 is 0 Å². The quantitative estimate of drug-likeness (QED) is 0.940. The summed E-state index contributed by atoms with van der Waals surface area (Å²) in [7, 11) is 0. The highest BCUT2D eigenvalue weighted by molar-refractivity contribution is 5.94. The minimum atomic E-state index is -1.12. The molecule has 1 atom stereocenters. The van der Waals surface area contributed by atoms with Crippen LogP contribution < -0.4 is 5.32 Å². The number of hydrogen-bond donors (Lipinski definition) is 1. The average Bonchev–Trinajstić information content (AvgIpc) is 2.45. The van der Waals surface area contributed by atoms with Gasteiger partial charge in [-0.25, -0.2) is 8.78 Å². The molecule has 0 aliphatic rings. The van der Waals surface area contributed by atoms with Crippen LogP contribution in [0, 0.1) is 25.5 Å². The molecule has 0 spiro atoms. The van der Waals surface area contributed by atoms with E-state index in [1.165, 1.54) is 19.1 Å². The molecule has 0 fully saturated rings. The number of nitrogens with zero attached hydrogens (tertiary/aromatic N) is 1. The maximum atomic E-state index is 13.8. The van der Waals surface area contributed by atoms with E-state index < -0.39 is 17.5 Å². The maximum absolute atomic E-state index is 13.8. The normalized spacial score (nSPS) is 12.0. The van der Waals surface area contributed by atoms with Crippen molar-refractivity contribution in [3.8, 4) is 0 Å². The predicted molar refractivity (Wildman–Crippen MR) is 76.0 cm³/mol. The molecule has 0 bridgehead atoms. The molecular weight excluding hydrogens is 274 g/mol. The fourth-order valence-corrected chi connectivity index (χ4v) is 1.91. The maximum Gasteiger partial charge on any atom is 0.254 e. The summed E-state index contributed by atoms with van der Waals surface area (Å²) < 4.78 is 27.3. The number of carbonyl (C=O) groups excluding carboxylic acids is 1. The van der Waals surface area contributed by atoms with E-state index in [-0.39, 0.29) is 17.2 Å². The minimum Gasteiger partial charge on any atom is -0.345 e. The van der Waals surface area contributed by atoms with Gasteiger partial charge in [-0.15, -0.1) is 0 Å². The van der Waals surface area contributed by atoms with Gasteiger partial charge in [-0.1, -0.05) is 12.1 Å². The van der Waals surface area contributed by atoms with Crippen LogP contribution in [0.2, 0.25) is 0 Å². The summed E-state index contributed by atoms with van der Waals surface area (Å²) in [5.41, 5.74) is 1.52. The molecule has 1 amide bonds. The number of carbonyl (C=O) groups is 1. The van der Waals surface area contributed by atoms with Crippen LogP contribution in [0.3, 0.4) is 0 Å². The second-order valence-corrected chi connectivity index (χ2v) is 4.99. The highest BCUT2D eigenvalue weighted by atomic mass is 19.2. The van der Waals surface area contributed by atoms with Crippen molar-refractivity contribution in [2.45, 2.75) is 26.8 Å². The number of hydrogen-bond acceptors (Lipinski definition) is 2. The molecule has 1 heterocycles. The van der Waals surface area contributed by atoms with Gasteiger partial charge in [0.05, 0.1) is 11.6 Å². The smallest absolute Gasteiger partial charge is 0.254 e. The molecule has 2 rings (SSSR count). The van der Waals surface area contributed by atoms with E-state index in [1.54, 1.807) is 13.1 Å². The Kier molecular flexibility index (Phi) is 4.31. The summed E-state index contributed by atoms with van der Waals surface area (Å²) >= 11 is 0. The standard InChI is InChI=1S/C16H16F2N2O/c1-9-4-7-13(15(18)14(9)17)16(21)20-11(3)12-6-5-10(2)19-8-12/h4-8,11H,1-3H3,(H,20,21). The molecule has 1 aromatic heterocycles. The van der Waals surface area contributed by atoms with Crippen molar-refractivity contribution in [3.05, 3.63) is 64.5 Å². The monoisotopic (exact) mass is 290 g/mol. The highest BCUT2D eigenvalue weighted by Gasteiger charge is 2.19. The zero-order valence-electron chi connectivity index (χ0n) is 12.1. The molecule has 2 aromatic rings. The van der Waals surface area contributed by atoms with Gasteiger partial charge >= 0.3 is 0 Å². The highest BCUT2D eigenvalue weighted by Crippen LogP contribution is 2.17. The van der Waals surface area contributed by atoms with E-state index in [9.17, 15) is 13.6 Å². The van der Waals surface area contributed by atoms with Crippen molar-refractivity contribution in [1.29, 1.82) is 0 Å². The van der Waals surface area contributed by atoms with Gasteiger partial charge in [-0.05, 0) is 44.0 Å². The number of rotatable bonds is 3. The molecule has 0 saturated carbocycles. The summed E-state index contributed by atoms with van der Waals surface area (Å²) in [6.45, 7) is 5.06. The van der Waals surface area contributed by atoms with Crippen molar-refractivity contribution in [2.24, 2.45) is 0 Å². The third-order valence-corrected chi connectivity index (χ3v) is 3.30. The lowest BCUT2D eigenvalue weighted by atomic mass is 10.1. The summed E-state index contributed by atoms with van der Waals surface area (Å²) in [6.07, 6.45) is 1.65. The molecule has 1 unspecified atom stereocenters. The van der Waals surface area contributed by atoms with Crippen molar-refractivity contribution in [3.63, 3.8) is 0 Å². The number of aromatic nitrogens is 1. The molecular formula is C16H16F2N2O. The molecule has 0 aliphatic heterocycles. The molecule has 0 aliphatic carbocycles. The molecule has 0 saturated heterocycles. The van der Waals surface area contributed by atoms with Gasteiger partial charge in [0.2, 0.25) is 0 Å². The van der Waals surface area contributed by atoms with Crippen LogP contribution in [0.5, 0.6) is 0 Å². The molecule has 21 heavy (non-hydrogen) atoms. The van der Waals surface area contributed by atoms with Crippen LogP contribution in [0.4, 0.5) is 8.78 Å². The van der Waals surface area contributed by atoms with Gasteiger partial charge in [0, 0.05) is 11.9 Å². The Morgan fingerprint density at radius 3 is 2.48 bits per heavy atom. The first-order valence-corrected chi connectivity index (χ1v) is 6.58. The first kappa shape index (κ1) is 15.1. The molecule has 3 nitrogen and oxygen atoms in total. The summed E-state index contributed by atoms with van der Waals surface area (Å²) in [5, 5.41) is 2.63. The predicted octanol–water partition coefficient (Wildman–Crippen LogP) is 3.47. The SMILES string of the molecule is Cc1ccc(C(C)NC(=O)c2ccc(C)c(F)c2F)cn1. The Labute approximate surface area is 122 Å².